The molecule has 1 heterocycles. The molecule has 0 saturated carbocycles. The molecule has 0 aliphatic carbocycles. The van der Waals surface area contributed by atoms with Crippen molar-refractivity contribution in [1.29, 1.82) is 0 Å². The Labute approximate surface area is 260 Å². The third kappa shape index (κ3) is 5.72. The number of hydrogen-bond donors (Lipinski definition) is 0. The van der Waals surface area contributed by atoms with Crippen molar-refractivity contribution >= 4 is 21.7 Å². The summed E-state index contributed by atoms with van der Waals surface area (Å²) < 4.78 is 80.0. The highest BCUT2D eigenvalue weighted by Gasteiger charge is 2.37. The van der Waals surface area contributed by atoms with Crippen molar-refractivity contribution in [1.82, 2.24) is 4.98 Å². The highest BCUT2D eigenvalue weighted by Crippen LogP contribution is 2.39. The lowest BCUT2D eigenvalue weighted by molar-refractivity contribution is -0.143. The van der Waals surface area contributed by atoms with Gasteiger partial charge in [0.15, 0.2) is 0 Å². The molecule has 1 nitrogen and oxygen atoms in total. The van der Waals surface area contributed by atoms with E-state index in [0.29, 0.717) is 0 Å². The van der Waals surface area contributed by atoms with Crippen molar-refractivity contribution in [2.24, 2.45) is 0 Å². The number of nitrogens with zero attached hydrogens (tertiary/aromatic N) is 1. The van der Waals surface area contributed by atoms with Gasteiger partial charge < -0.3 is 0 Å². The minimum Gasteiger partial charge on any atom is -0.256 e. The monoisotopic (exact) mass is 619 g/mol. The number of benzene rings is 6. The second-order valence-electron chi connectivity index (χ2n) is 11.1. The fourth-order valence-corrected chi connectivity index (χ4v) is 5.75. The largest absolute Gasteiger partial charge is 0.416 e. The normalized spacial score (nSPS) is 12.1. The fraction of sp³-hybridized carbons (Fsp3) is 0.0513. The maximum absolute atomic E-state index is 13.3. The van der Waals surface area contributed by atoms with E-state index < -0.39 is 23.5 Å². The van der Waals surface area contributed by atoms with Crippen molar-refractivity contribution in [3.63, 3.8) is 0 Å². The zero-order valence-corrected chi connectivity index (χ0v) is 24.0. The number of halogens is 6. The van der Waals surface area contributed by atoms with Crippen LogP contribution in [0.2, 0.25) is 0 Å². The summed E-state index contributed by atoms with van der Waals surface area (Å²) in [7, 11) is 0. The molecule has 0 radical (unpaired) electrons. The third-order valence-corrected chi connectivity index (χ3v) is 8.14. The molecule has 0 fully saturated rings. The summed E-state index contributed by atoms with van der Waals surface area (Å²) in [4.78, 5) is 4.68. The van der Waals surface area contributed by atoms with Crippen LogP contribution in [0.25, 0.3) is 66.2 Å². The van der Waals surface area contributed by atoms with E-state index in [4.69, 9.17) is 0 Å². The predicted octanol–water partition coefficient (Wildman–Crippen LogP) is 12.1. The molecular formula is C39H23F6N. The molecule has 0 N–H and O–H groups in total. The zero-order valence-electron chi connectivity index (χ0n) is 24.0. The summed E-state index contributed by atoms with van der Waals surface area (Å²) in [5.74, 6) is 0. The molecule has 7 heteroatoms. The fourth-order valence-electron chi connectivity index (χ4n) is 5.75. The van der Waals surface area contributed by atoms with E-state index in [2.05, 4.69) is 65.6 Å². The van der Waals surface area contributed by atoms with Gasteiger partial charge in [0, 0.05) is 17.1 Å². The molecule has 0 bridgehead atoms. The maximum atomic E-state index is 13.3. The Morgan fingerprint density at radius 1 is 0.391 bits per heavy atom. The minimum atomic E-state index is -4.91. The van der Waals surface area contributed by atoms with Crippen molar-refractivity contribution in [2.45, 2.75) is 12.4 Å². The Morgan fingerprint density at radius 2 is 0.935 bits per heavy atom. The van der Waals surface area contributed by atoms with Gasteiger partial charge in [-0.1, -0.05) is 103 Å². The minimum absolute atomic E-state index is 0.132. The van der Waals surface area contributed by atoms with Gasteiger partial charge >= 0.3 is 12.4 Å². The summed E-state index contributed by atoms with van der Waals surface area (Å²) >= 11 is 0. The lowest BCUT2D eigenvalue weighted by Gasteiger charge is -2.14. The average Bonchev–Trinajstić information content (AvgIpc) is 3.07. The molecule has 0 saturated heterocycles. The maximum Gasteiger partial charge on any atom is 0.416 e. The van der Waals surface area contributed by atoms with E-state index >= 15 is 0 Å². The number of hydrogen-bond acceptors (Lipinski definition) is 1. The molecular weight excluding hydrogens is 596 g/mol. The quantitative estimate of drug-likeness (QED) is 0.179. The Hall–Kier alpha value is -5.43. The van der Waals surface area contributed by atoms with Crippen LogP contribution >= 0.6 is 0 Å². The first-order chi connectivity index (χ1) is 22.0. The van der Waals surface area contributed by atoms with Crippen LogP contribution in [0.5, 0.6) is 0 Å². The standard InChI is InChI=1S/C39H23F6N/c40-38(41,42)33-19-31(20-34(22-33)39(43,44)45)25-10-8-24(9-11-25)29-16-17-30-18-32(23-46-37(30)21-29)26-12-14-28(15-13-26)36-7-3-5-27-4-1-2-6-35(27)36/h1-23H. The Bertz CT molecular complexity index is 2180. The van der Waals surface area contributed by atoms with Gasteiger partial charge in [-0.15, -0.1) is 0 Å². The van der Waals surface area contributed by atoms with Crippen LogP contribution in [0.4, 0.5) is 26.3 Å². The van der Waals surface area contributed by atoms with Crippen LogP contribution in [0.3, 0.4) is 0 Å². The van der Waals surface area contributed by atoms with Crippen LogP contribution < -0.4 is 0 Å². The topological polar surface area (TPSA) is 12.9 Å². The molecule has 46 heavy (non-hydrogen) atoms. The van der Waals surface area contributed by atoms with Crippen LogP contribution in [0.15, 0.2) is 140 Å². The summed E-state index contributed by atoms with van der Waals surface area (Å²) in [5, 5.41) is 3.31. The Balaban J connectivity index is 1.15. The smallest absolute Gasteiger partial charge is 0.256 e. The van der Waals surface area contributed by atoms with E-state index in [1.165, 1.54) is 28.5 Å². The Kier molecular flexibility index (Phi) is 7.12. The molecule has 7 aromatic rings. The lowest BCUT2D eigenvalue weighted by Crippen LogP contribution is -2.11. The molecule has 0 unspecified atom stereocenters. The molecule has 0 amide bonds. The number of alkyl halides is 6. The Morgan fingerprint density at radius 3 is 1.59 bits per heavy atom. The summed E-state index contributed by atoms with van der Waals surface area (Å²) in [5.41, 5.74) is 4.01. The van der Waals surface area contributed by atoms with Crippen molar-refractivity contribution < 1.29 is 26.3 Å². The second kappa shape index (κ2) is 11.2. The van der Waals surface area contributed by atoms with Crippen LogP contribution in [-0.4, -0.2) is 4.98 Å². The van der Waals surface area contributed by atoms with E-state index in [0.717, 1.165) is 50.9 Å². The zero-order chi connectivity index (χ0) is 32.1. The molecule has 0 atom stereocenters. The van der Waals surface area contributed by atoms with Gasteiger partial charge in [-0.05, 0) is 80.0 Å². The van der Waals surface area contributed by atoms with Gasteiger partial charge in [0.1, 0.15) is 0 Å². The molecule has 1 aromatic heterocycles. The first-order valence-corrected chi connectivity index (χ1v) is 14.4. The molecule has 0 aliphatic rings. The summed E-state index contributed by atoms with van der Waals surface area (Å²) in [6, 6.07) is 38.8. The summed E-state index contributed by atoms with van der Waals surface area (Å²) in [6.45, 7) is 0. The highest BCUT2D eigenvalue weighted by molar-refractivity contribution is 5.97. The highest BCUT2D eigenvalue weighted by atomic mass is 19.4. The van der Waals surface area contributed by atoms with Gasteiger partial charge in [0.05, 0.1) is 16.6 Å². The first-order valence-electron chi connectivity index (χ1n) is 14.4. The second-order valence-corrected chi connectivity index (χ2v) is 11.1. The van der Waals surface area contributed by atoms with Crippen LogP contribution in [0, 0.1) is 0 Å². The number of pyridine rings is 1. The van der Waals surface area contributed by atoms with Crippen molar-refractivity contribution in [3.05, 3.63) is 151 Å². The molecule has 226 valence electrons. The predicted molar refractivity (Wildman–Crippen MR) is 171 cm³/mol. The van der Waals surface area contributed by atoms with Gasteiger partial charge in [-0.3, -0.25) is 4.98 Å². The van der Waals surface area contributed by atoms with E-state index in [1.807, 2.05) is 36.5 Å². The van der Waals surface area contributed by atoms with Crippen molar-refractivity contribution in [2.75, 3.05) is 0 Å². The lowest BCUT2D eigenvalue weighted by atomic mass is 9.95. The van der Waals surface area contributed by atoms with Gasteiger partial charge in [-0.25, -0.2) is 0 Å². The third-order valence-electron chi connectivity index (χ3n) is 8.14. The molecule has 7 rings (SSSR count). The van der Waals surface area contributed by atoms with Gasteiger partial charge in [0.2, 0.25) is 0 Å². The number of fused-ring (bicyclic) bond motifs is 2. The van der Waals surface area contributed by atoms with Crippen molar-refractivity contribution in [3.8, 4) is 44.5 Å². The number of rotatable bonds is 4. The number of aromatic nitrogens is 1. The van der Waals surface area contributed by atoms with E-state index in [-0.39, 0.29) is 17.2 Å². The van der Waals surface area contributed by atoms with Crippen LogP contribution in [-0.2, 0) is 12.4 Å². The van der Waals surface area contributed by atoms with Gasteiger partial charge in [0.25, 0.3) is 0 Å². The average molecular weight is 620 g/mol. The SMILES string of the molecule is FC(F)(F)c1cc(-c2ccc(-c3ccc4cc(-c5ccc(-c6cccc7ccccc67)cc5)cnc4c3)cc2)cc(C(F)(F)F)c1. The van der Waals surface area contributed by atoms with E-state index in [1.54, 1.807) is 12.1 Å². The molecule has 0 aliphatic heterocycles. The van der Waals surface area contributed by atoms with Gasteiger partial charge in [-0.2, -0.15) is 26.3 Å². The first kappa shape index (κ1) is 29.3. The summed E-state index contributed by atoms with van der Waals surface area (Å²) in [6.07, 6.45) is -8.00. The molecule has 6 aromatic carbocycles. The van der Waals surface area contributed by atoms with Crippen LogP contribution in [0.1, 0.15) is 11.1 Å². The van der Waals surface area contributed by atoms with E-state index in [9.17, 15) is 26.3 Å². The molecule has 0 spiro atoms.